The number of carbonyl (C=O) groups is 1. The van der Waals surface area contributed by atoms with Crippen LogP contribution in [0.25, 0.3) is 11.1 Å². The highest BCUT2D eigenvalue weighted by Gasteiger charge is 2.32. The molecule has 0 fully saturated rings. The summed E-state index contributed by atoms with van der Waals surface area (Å²) in [4.78, 5) is 12.9. The fraction of sp³-hybridized carbons (Fsp3) is 0.105. The van der Waals surface area contributed by atoms with Crippen LogP contribution < -0.4 is 5.32 Å². The molecule has 0 spiro atoms. The minimum absolute atomic E-state index is 0.0185. The summed E-state index contributed by atoms with van der Waals surface area (Å²) in [7, 11) is 0. The Morgan fingerprint density at radius 2 is 1.80 bits per heavy atom. The van der Waals surface area contributed by atoms with E-state index < -0.39 is 23.4 Å². The van der Waals surface area contributed by atoms with E-state index in [1.54, 1.807) is 23.6 Å². The molecule has 2 aromatic carbocycles. The summed E-state index contributed by atoms with van der Waals surface area (Å²) in [5.74, 6) is -2.43. The molecule has 0 unspecified atom stereocenters. The Kier molecular flexibility index (Phi) is 3.84. The van der Waals surface area contributed by atoms with Gasteiger partial charge in [0.05, 0.1) is 5.69 Å². The van der Waals surface area contributed by atoms with Gasteiger partial charge in [0.2, 0.25) is 5.91 Å². The van der Waals surface area contributed by atoms with Gasteiger partial charge in [0.25, 0.3) is 0 Å². The second-order valence-corrected chi connectivity index (χ2v) is 6.75. The molecule has 1 aromatic heterocycles. The van der Waals surface area contributed by atoms with Crippen molar-refractivity contribution >= 4 is 22.9 Å². The van der Waals surface area contributed by atoms with Crippen molar-refractivity contribution in [2.75, 3.05) is 5.32 Å². The first-order valence-corrected chi connectivity index (χ1v) is 8.53. The zero-order valence-corrected chi connectivity index (χ0v) is 13.7. The first kappa shape index (κ1) is 15.9. The first-order valence-electron chi connectivity index (χ1n) is 7.65. The summed E-state index contributed by atoms with van der Waals surface area (Å²) in [6, 6.07) is 9.47. The largest absolute Gasteiger partial charge is 0.325 e. The molecule has 2 heterocycles. The highest BCUT2D eigenvalue weighted by atomic mass is 32.1. The van der Waals surface area contributed by atoms with Crippen LogP contribution in [0.3, 0.4) is 0 Å². The van der Waals surface area contributed by atoms with Crippen LogP contribution in [0, 0.1) is 17.5 Å². The van der Waals surface area contributed by atoms with Crippen molar-refractivity contribution < 1.29 is 18.0 Å². The van der Waals surface area contributed by atoms with Crippen molar-refractivity contribution in [2.24, 2.45) is 0 Å². The van der Waals surface area contributed by atoms with E-state index in [1.165, 1.54) is 17.4 Å². The normalized spacial score (nSPS) is 16.4. The SMILES string of the molecule is O=C1C[C@H](c2cc(F)ccc2F)c2scc(-c3ccccc3F)c2N1. The summed E-state index contributed by atoms with van der Waals surface area (Å²) in [5, 5.41) is 4.49. The second-order valence-electron chi connectivity index (χ2n) is 5.84. The van der Waals surface area contributed by atoms with Crippen LogP contribution in [-0.2, 0) is 4.79 Å². The number of rotatable bonds is 2. The molecule has 2 nitrogen and oxygen atoms in total. The van der Waals surface area contributed by atoms with Gasteiger partial charge >= 0.3 is 0 Å². The number of benzene rings is 2. The molecule has 3 aromatic rings. The van der Waals surface area contributed by atoms with Crippen LogP contribution >= 0.6 is 11.3 Å². The number of hydrogen-bond acceptors (Lipinski definition) is 2. The molecule has 6 heteroatoms. The van der Waals surface area contributed by atoms with Crippen LogP contribution in [0.1, 0.15) is 22.8 Å². The molecule has 0 bridgehead atoms. The van der Waals surface area contributed by atoms with Crippen molar-refractivity contribution in [1.82, 2.24) is 0 Å². The third-order valence-electron chi connectivity index (χ3n) is 4.29. The highest BCUT2D eigenvalue weighted by molar-refractivity contribution is 7.11. The van der Waals surface area contributed by atoms with Gasteiger partial charge in [0.1, 0.15) is 17.5 Å². The molecule has 1 N–H and O–H groups in total. The predicted octanol–water partition coefficient (Wildman–Crippen LogP) is 5.31. The van der Waals surface area contributed by atoms with Crippen LogP contribution in [0.5, 0.6) is 0 Å². The Hall–Kier alpha value is -2.60. The average Bonchev–Trinajstić information content (AvgIpc) is 3.00. The molecule has 0 aliphatic carbocycles. The smallest absolute Gasteiger partial charge is 0.225 e. The zero-order chi connectivity index (χ0) is 17.6. The molecule has 4 rings (SSSR count). The van der Waals surface area contributed by atoms with E-state index in [2.05, 4.69) is 5.32 Å². The van der Waals surface area contributed by atoms with Crippen molar-refractivity contribution in [2.45, 2.75) is 12.3 Å². The minimum atomic E-state index is -0.593. The fourth-order valence-corrected chi connectivity index (χ4v) is 4.28. The molecule has 25 heavy (non-hydrogen) atoms. The lowest BCUT2D eigenvalue weighted by molar-refractivity contribution is -0.116. The lowest BCUT2D eigenvalue weighted by Crippen LogP contribution is -2.23. The van der Waals surface area contributed by atoms with Crippen molar-refractivity contribution in [3.8, 4) is 11.1 Å². The summed E-state index contributed by atoms with van der Waals surface area (Å²) in [5.41, 5.74) is 1.52. The van der Waals surface area contributed by atoms with Gasteiger partial charge in [-0.3, -0.25) is 4.79 Å². The topological polar surface area (TPSA) is 29.1 Å². The number of nitrogens with one attached hydrogen (secondary N) is 1. The predicted molar refractivity (Wildman–Crippen MR) is 91.2 cm³/mol. The van der Waals surface area contributed by atoms with Crippen LogP contribution in [0.15, 0.2) is 47.8 Å². The fourth-order valence-electron chi connectivity index (χ4n) is 3.14. The Balaban J connectivity index is 1.87. The Labute approximate surface area is 145 Å². The maximum Gasteiger partial charge on any atom is 0.225 e. The van der Waals surface area contributed by atoms with Crippen LogP contribution in [-0.4, -0.2) is 5.91 Å². The number of hydrogen-bond donors (Lipinski definition) is 1. The molecule has 1 aliphatic heterocycles. The van der Waals surface area contributed by atoms with Gasteiger partial charge in [0.15, 0.2) is 0 Å². The summed E-state index contributed by atoms with van der Waals surface area (Å²) >= 11 is 1.30. The van der Waals surface area contributed by atoms with Gasteiger partial charge in [0, 0.05) is 33.7 Å². The highest BCUT2D eigenvalue weighted by Crippen LogP contribution is 2.47. The monoisotopic (exact) mass is 359 g/mol. The summed E-state index contributed by atoms with van der Waals surface area (Å²) < 4.78 is 41.9. The quantitative estimate of drug-likeness (QED) is 0.660. The van der Waals surface area contributed by atoms with Gasteiger partial charge < -0.3 is 5.32 Å². The van der Waals surface area contributed by atoms with E-state index in [-0.39, 0.29) is 17.9 Å². The Morgan fingerprint density at radius 1 is 1.00 bits per heavy atom. The minimum Gasteiger partial charge on any atom is -0.325 e. The number of amides is 1. The van der Waals surface area contributed by atoms with Crippen LogP contribution in [0.4, 0.5) is 18.9 Å². The molecular formula is C19H12F3NOS. The lowest BCUT2D eigenvalue weighted by Gasteiger charge is -2.24. The van der Waals surface area contributed by atoms with Crippen molar-refractivity contribution in [1.29, 1.82) is 0 Å². The molecule has 1 aliphatic rings. The van der Waals surface area contributed by atoms with Gasteiger partial charge in [-0.1, -0.05) is 18.2 Å². The molecular weight excluding hydrogens is 347 g/mol. The first-order chi connectivity index (χ1) is 12.0. The Morgan fingerprint density at radius 3 is 2.60 bits per heavy atom. The average molecular weight is 359 g/mol. The van der Waals surface area contributed by atoms with Crippen molar-refractivity contribution in [3.05, 3.63) is 75.7 Å². The second kappa shape index (κ2) is 6.04. The van der Waals surface area contributed by atoms with E-state index in [0.29, 0.717) is 21.7 Å². The third-order valence-corrected chi connectivity index (χ3v) is 5.38. The molecule has 1 amide bonds. The van der Waals surface area contributed by atoms with E-state index >= 15 is 0 Å². The standard InChI is InChI=1S/C19H12F3NOS/c20-10-5-6-16(22)12(7-10)13-8-17(24)23-18-14(9-25-19(13)18)11-3-1-2-4-15(11)21/h1-7,9,13H,8H2,(H,23,24)/t13-/m1/s1. The molecule has 0 saturated carbocycles. The number of thiophene rings is 1. The van der Waals surface area contributed by atoms with Gasteiger partial charge in [-0.25, -0.2) is 13.2 Å². The van der Waals surface area contributed by atoms with Gasteiger partial charge in [-0.05, 0) is 29.8 Å². The third kappa shape index (κ3) is 2.72. The maximum atomic E-state index is 14.2. The van der Waals surface area contributed by atoms with Gasteiger partial charge in [-0.2, -0.15) is 0 Å². The molecule has 126 valence electrons. The van der Waals surface area contributed by atoms with E-state index in [4.69, 9.17) is 0 Å². The molecule has 1 atom stereocenters. The molecule has 0 radical (unpaired) electrons. The Bertz CT molecular complexity index is 983. The summed E-state index contributed by atoms with van der Waals surface area (Å²) in [6.07, 6.45) is 0.0185. The molecule has 0 saturated heterocycles. The number of fused-ring (bicyclic) bond motifs is 1. The van der Waals surface area contributed by atoms with Crippen LogP contribution in [0.2, 0.25) is 0 Å². The van der Waals surface area contributed by atoms with Crippen molar-refractivity contribution in [3.63, 3.8) is 0 Å². The number of anilines is 1. The van der Waals surface area contributed by atoms with E-state index in [1.807, 2.05) is 0 Å². The maximum absolute atomic E-state index is 14.2. The lowest BCUT2D eigenvalue weighted by atomic mass is 9.88. The zero-order valence-electron chi connectivity index (χ0n) is 12.9. The number of halogens is 3. The van der Waals surface area contributed by atoms with Gasteiger partial charge in [-0.15, -0.1) is 11.3 Å². The van der Waals surface area contributed by atoms with E-state index in [0.717, 1.165) is 18.2 Å². The summed E-state index contributed by atoms with van der Waals surface area (Å²) in [6.45, 7) is 0. The number of carbonyl (C=O) groups excluding carboxylic acids is 1. The van der Waals surface area contributed by atoms with E-state index in [9.17, 15) is 18.0 Å².